The molecule has 0 amide bonds. The summed E-state index contributed by atoms with van der Waals surface area (Å²) in [5.41, 5.74) is 1.50. The Morgan fingerprint density at radius 1 is 1.20 bits per heavy atom. The number of hydrogen-bond acceptors (Lipinski definition) is 4. The Bertz CT molecular complexity index is 806. The van der Waals surface area contributed by atoms with Gasteiger partial charge in [0.25, 0.3) is 0 Å². The third-order valence-electron chi connectivity index (χ3n) is 2.79. The molecule has 4 nitrogen and oxygen atoms in total. The zero-order valence-electron chi connectivity index (χ0n) is 10.5. The van der Waals surface area contributed by atoms with E-state index in [9.17, 15) is 13.5 Å². The van der Waals surface area contributed by atoms with Gasteiger partial charge in [-0.15, -0.1) is 0 Å². The van der Waals surface area contributed by atoms with E-state index in [2.05, 4.69) is 15.9 Å². The van der Waals surface area contributed by atoms with Gasteiger partial charge in [-0.05, 0) is 45.8 Å². The van der Waals surface area contributed by atoms with Crippen LogP contribution in [0.5, 0.6) is 5.75 Å². The number of benzene rings is 2. The first-order chi connectivity index (χ1) is 9.32. The molecule has 1 N–H and O–H groups in total. The molecule has 2 rings (SSSR count). The van der Waals surface area contributed by atoms with Gasteiger partial charge in [-0.1, -0.05) is 12.1 Å². The van der Waals surface area contributed by atoms with Crippen LogP contribution in [0, 0.1) is 11.3 Å². The van der Waals surface area contributed by atoms with Gasteiger partial charge in [-0.2, -0.15) is 5.26 Å². The van der Waals surface area contributed by atoms with Crippen LogP contribution >= 0.6 is 15.9 Å². The topological polar surface area (TPSA) is 78.2 Å². The van der Waals surface area contributed by atoms with Gasteiger partial charge < -0.3 is 5.11 Å². The van der Waals surface area contributed by atoms with E-state index in [1.807, 2.05) is 6.07 Å². The maximum Gasteiger partial charge on any atom is 0.175 e. The number of sulfone groups is 1. The Morgan fingerprint density at radius 2 is 1.80 bits per heavy atom. The molecule has 0 unspecified atom stereocenters. The molecule has 0 fully saturated rings. The zero-order chi connectivity index (χ0) is 14.9. The van der Waals surface area contributed by atoms with Crippen LogP contribution in [0.3, 0.4) is 0 Å². The summed E-state index contributed by atoms with van der Waals surface area (Å²) in [5, 5.41) is 19.0. The minimum atomic E-state index is -3.26. The molecule has 6 heteroatoms. The Morgan fingerprint density at radius 3 is 2.30 bits per heavy atom. The van der Waals surface area contributed by atoms with Crippen molar-refractivity contribution in [2.24, 2.45) is 0 Å². The lowest BCUT2D eigenvalue weighted by molar-refractivity contribution is 0.474. The predicted octanol–water partition coefficient (Wildman–Crippen LogP) is 3.10. The van der Waals surface area contributed by atoms with E-state index in [0.717, 1.165) is 6.26 Å². The number of nitriles is 1. The monoisotopic (exact) mass is 351 g/mol. The van der Waals surface area contributed by atoms with E-state index in [4.69, 9.17) is 5.26 Å². The molecule has 102 valence electrons. The number of hydrogen-bond donors (Lipinski definition) is 1. The molecular formula is C14H10BrNO3S. The van der Waals surface area contributed by atoms with Gasteiger partial charge in [0, 0.05) is 11.8 Å². The average Bonchev–Trinajstić information content (AvgIpc) is 2.41. The molecule has 2 aromatic carbocycles. The first-order valence-corrected chi connectivity index (χ1v) is 8.24. The van der Waals surface area contributed by atoms with Gasteiger partial charge in [0.05, 0.1) is 21.0 Å². The lowest BCUT2D eigenvalue weighted by Gasteiger charge is -2.08. The highest BCUT2D eigenvalue weighted by Crippen LogP contribution is 2.36. The van der Waals surface area contributed by atoms with Crippen LogP contribution in [0.15, 0.2) is 45.8 Å². The Hall–Kier alpha value is -1.84. The summed E-state index contributed by atoms with van der Waals surface area (Å²) in [7, 11) is -3.26. The largest absolute Gasteiger partial charge is 0.506 e. The highest BCUT2D eigenvalue weighted by atomic mass is 79.9. The third kappa shape index (κ3) is 2.84. The number of phenolic OH excluding ortho intramolecular Hbond substituents is 1. The second-order valence-electron chi connectivity index (χ2n) is 4.26. The van der Waals surface area contributed by atoms with Crippen molar-refractivity contribution in [3.8, 4) is 22.9 Å². The second kappa shape index (κ2) is 5.27. The molecule has 0 aliphatic rings. The smallest absolute Gasteiger partial charge is 0.175 e. The van der Waals surface area contributed by atoms with Crippen LogP contribution < -0.4 is 0 Å². The first-order valence-electron chi connectivity index (χ1n) is 5.56. The Kier molecular flexibility index (Phi) is 3.84. The maximum absolute atomic E-state index is 11.4. The van der Waals surface area contributed by atoms with Gasteiger partial charge in [-0.25, -0.2) is 8.42 Å². The molecule has 0 saturated heterocycles. The number of nitrogens with zero attached hydrogens (tertiary/aromatic N) is 1. The maximum atomic E-state index is 11.4. The van der Waals surface area contributed by atoms with Crippen LogP contribution in [0.2, 0.25) is 0 Å². The van der Waals surface area contributed by atoms with Crippen LogP contribution in [-0.4, -0.2) is 19.8 Å². The molecule has 0 aliphatic carbocycles. The van der Waals surface area contributed by atoms with Gasteiger partial charge in [0.15, 0.2) is 9.84 Å². The fourth-order valence-electron chi connectivity index (χ4n) is 1.77. The van der Waals surface area contributed by atoms with Gasteiger partial charge in [0.2, 0.25) is 0 Å². The summed E-state index contributed by atoms with van der Waals surface area (Å²) in [6, 6.07) is 11.2. The third-order valence-corrected chi connectivity index (χ3v) is 4.52. The Labute approximate surface area is 125 Å². The summed E-state index contributed by atoms with van der Waals surface area (Å²) in [5.74, 6) is 0.0103. The number of aromatic hydroxyl groups is 1. The van der Waals surface area contributed by atoms with Gasteiger partial charge in [0.1, 0.15) is 5.75 Å². The SMILES string of the molecule is CS(=O)(=O)c1ccc(-c2cc(C#N)cc(Br)c2O)cc1. The van der Waals surface area contributed by atoms with Crippen molar-refractivity contribution in [3.63, 3.8) is 0 Å². The summed E-state index contributed by atoms with van der Waals surface area (Å²) in [4.78, 5) is 0.205. The van der Waals surface area contributed by atoms with E-state index in [1.165, 1.54) is 18.2 Å². The predicted molar refractivity (Wildman–Crippen MR) is 79.1 cm³/mol. The second-order valence-corrected chi connectivity index (χ2v) is 7.13. The normalized spacial score (nSPS) is 11.1. The summed E-state index contributed by atoms with van der Waals surface area (Å²) < 4.78 is 23.2. The van der Waals surface area contributed by atoms with Crippen molar-refractivity contribution in [2.75, 3.05) is 6.26 Å². The molecule has 0 heterocycles. The molecule has 0 aromatic heterocycles. The summed E-state index contributed by atoms with van der Waals surface area (Å²) in [6.07, 6.45) is 1.13. The lowest BCUT2D eigenvalue weighted by atomic mass is 10.0. The molecule has 0 saturated carbocycles. The standard InChI is InChI=1S/C14H10BrNO3S/c1-20(18,19)11-4-2-10(3-5-11)12-6-9(8-16)7-13(15)14(12)17/h2-7,17H,1H3. The fraction of sp³-hybridized carbons (Fsp3) is 0.0714. The van der Waals surface area contributed by atoms with E-state index in [1.54, 1.807) is 18.2 Å². The van der Waals surface area contributed by atoms with Crippen molar-refractivity contribution in [1.82, 2.24) is 0 Å². The van der Waals surface area contributed by atoms with Gasteiger partial charge in [-0.3, -0.25) is 0 Å². The summed E-state index contributed by atoms with van der Waals surface area (Å²) >= 11 is 3.18. The molecule has 20 heavy (non-hydrogen) atoms. The first kappa shape index (κ1) is 14.6. The zero-order valence-corrected chi connectivity index (χ0v) is 12.9. The molecular weight excluding hydrogens is 342 g/mol. The van der Waals surface area contributed by atoms with Crippen molar-refractivity contribution in [1.29, 1.82) is 5.26 Å². The minimum Gasteiger partial charge on any atom is -0.506 e. The van der Waals surface area contributed by atoms with E-state index >= 15 is 0 Å². The van der Waals surface area contributed by atoms with Crippen LogP contribution in [0.25, 0.3) is 11.1 Å². The van der Waals surface area contributed by atoms with E-state index in [0.29, 0.717) is 21.2 Å². The highest BCUT2D eigenvalue weighted by Gasteiger charge is 2.12. The lowest BCUT2D eigenvalue weighted by Crippen LogP contribution is -1.96. The molecule has 0 bridgehead atoms. The van der Waals surface area contributed by atoms with Crippen molar-refractivity contribution in [2.45, 2.75) is 4.90 Å². The number of phenols is 1. The van der Waals surface area contributed by atoms with Crippen LogP contribution in [-0.2, 0) is 9.84 Å². The quantitative estimate of drug-likeness (QED) is 0.901. The number of rotatable bonds is 2. The summed E-state index contributed by atoms with van der Waals surface area (Å²) in [6.45, 7) is 0. The van der Waals surface area contributed by atoms with Crippen molar-refractivity contribution < 1.29 is 13.5 Å². The molecule has 0 atom stereocenters. The molecule has 0 radical (unpaired) electrons. The highest BCUT2D eigenvalue weighted by molar-refractivity contribution is 9.10. The molecule has 2 aromatic rings. The van der Waals surface area contributed by atoms with E-state index in [-0.39, 0.29) is 10.6 Å². The fourth-order valence-corrected chi connectivity index (χ4v) is 2.86. The molecule has 0 aliphatic heterocycles. The average molecular weight is 352 g/mol. The van der Waals surface area contributed by atoms with E-state index < -0.39 is 9.84 Å². The minimum absolute atomic E-state index is 0.0103. The van der Waals surface area contributed by atoms with Crippen LogP contribution in [0.1, 0.15) is 5.56 Å². The van der Waals surface area contributed by atoms with Crippen molar-refractivity contribution in [3.05, 3.63) is 46.4 Å². The molecule has 0 spiro atoms. The van der Waals surface area contributed by atoms with Gasteiger partial charge >= 0.3 is 0 Å². The van der Waals surface area contributed by atoms with Crippen molar-refractivity contribution >= 4 is 25.8 Å². The Balaban J connectivity index is 2.58. The number of halogens is 1. The van der Waals surface area contributed by atoms with Crippen LogP contribution in [0.4, 0.5) is 0 Å².